The first-order valence-electron chi connectivity index (χ1n) is 9.55. The number of para-hydroxylation sites is 2. The second kappa shape index (κ2) is 9.06. The molecule has 3 aromatic carbocycles. The Bertz CT molecular complexity index is 1250. The third-order valence-corrected chi connectivity index (χ3v) is 5.35. The largest absolute Gasteiger partial charge is 0.496 e. The lowest BCUT2D eigenvalue weighted by Gasteiger charge is -2.09. The number of nitrogens with one attached hydrogen (secondary N) is 2. The number of Topliss-reactive ketones (excluding diaryl/α,β-unsaturated/α-hetero) is 1. The number of hydrogen-bond donors (Lipinski definition) is 2. The van der Waals surface area contributed by atoms with Crippen molar-refractivity contribution in [2.75, 3.05) is 24.3 Å². The van der Waals surface area contributed by atoms with Crippen molar-refractivity contribution < 1.29 is 18.7 Å². The zero-order chi connectivity index (χ0) is 21.8. The molecule has 156 valence electrons. The maximum atomic E-state index is 12.9. The van der Waals surface area contributed by atoms with Gasteiger partial charge in [-0.15, -0.1) is 0 Å². The number of hydrogen-bond acceptors (Lipinski definition) is 5. The van der Waals surface area contributed by atoms with Crippen LogP contribution in [0.15, 0.2) is 81.7 Å². The van der Waals surface area contributed by atoms with Crippen LogP contribution in [0.3, 0.4) is 0 Å². The van der Waals surface area contributed by atoms with Crippen LogP contribution in [-0.2, 0) is 0 Å². The van der Waals surface area contributed by atoms with Gasteiger partial charge in [-0.3, -0.25) is 9.59 Å². The van der Waals surface area contributed by atoms with Crippen molar-refractivity contribution in [2.24, 2.45) is 0 Å². The molecule has 0 atom stereocenters. The Kier molecular flexibility index (Phi) is 6.04. The molecule has 0 spiro atoms. The Balaban J connectivity index is 1.59. The number of halogens is 1. The van der Waals surface area contributed by atoms with Gasteiger partial charge in [0.2, 0.25) is 5.76 Å². The summed E-state index contributed by atoms with van der Waals surface area (Å²) in [5.41, 5.74) is 2.20. The van der Waals surface area contributed by atoms with Gasteiger partial charge in [0.05, 0.1) is 23.8 Å². The fourth-order valence-corrected chi connectivity index (χ4v) is 3.74. The number of rotatable bonds is 7. The van der Waals surface area contributed by atoms with Crippen LogP contribution in [0.1, 0.15) is 20.9 Å². The Hall–Kier alpha value is -3.58. The van der Waals surface area contributed by atoms with E-state index < -0.39 is 5.91 Å². The Morgan fingerprint density at radius 3 is 2.48 bits per heavy atom. The maximum absolute atomic E-state index is 12.9. The summed E-state index contributed by atoms with van der Waals surface area (Å²) in [4.78, 5) is 25.6. The lowest BCUT2D eigenvalue weighted by molar-refractivity contribution is 0.0990. The summed E-state index contributed by atoms with van der Waals surface area (Å²) in [6.07, 6.45) is 0. The Morgan fingerprint density at radius 2 is 1.74 bits per heavy atom. The number of ether oxygens (including phenoxy) is 1. The lowest BCUT2D eigenvalue weighted by atomic mass is 10.1. The molecule has 4 rings (SSSR count). The van der Waals surface area contributed by atoms with E-state index in [4.69, 9.17) is 9.15 Å². The average Bonchev–Trinajstić information content (AvgIpc) is 3.17. The van der Waals surface area contributed by atoms with Crippen LogP contribution in [0.2, 0.25) is 0 Å². The van der Waals surface area contributed by atoms with Crippen molar-refractivity contribution in [3.63, 3.8) is 0 Å². The van der Waals surface area contributed by atoms with Crippen molar-refractivity contribution in [3.8, 4) is 5.75 Å². The molecule has 0 bridgehead atoms. The monoisotopic (exact) mass is 478 g/mol. The van der Waals surface area contributed by atoms with Crippen LogP contribution >= 0.6 is 15.9 Å². The number of ketones is 1. The van der Waals surface area contributed by atoms with Crippen LogP contribution in [0, 0.1) is 0 Å². The Labute approximate surface area is 187 Å². The van der Waals surface area contributed by atoms with Gasteiger partial charge in [-0.1, -0.05) is 30.3 Å². The molecule has 0 fully saturated rings. The van der Waals surface area contributed by atoms with Gasteiger partial charge in [0, 0.05) is 16.6 Å². The van der Waals surface area contributed by atoms with Crippen molar-refractivity contribution in [3.05, 3.63) is 88.6 Å². The second-order valence-corrected chi connectivity index (χ2v) is 7.60. The summed E-state index contributed by atoms with van der Waals surface area (Å²) in [5.74, 6) is 0.228. The molecule has 6 nitrogen and oxygen atoms in total. The number of benzene rings is 3. The predicted octanol–water partition coefficient (Wildman–Crippen LogP) is 5.75. The highest BCUT2D eigenvalue weighted by atomic mass is 79.9. The topological polar surface area (TPSA) is 80.6 Å². The van der Waals surface area contributed by atoms with E-state index in [9.17, 15) is 9.59 Å². The summed E-state index contributed by atoms with van der Waals surface area (Å²) < 4.78 is 11.7. The third kappa shape index (κ3) is 4.46. The van der Waals surface area contributed by atoms with Crippen molar-refractivity contribution in [2.45, 2.75) is 0 Å². The molecule has 7 heteroatoms. The number of carbonyl (C=O) groups excluding carboxylic acids is 2. The van der Waals surface area contributed by atoms with E-state index in [0.717, 1.165) is 5.39 Å². The van der Waals surface area contributed by atoms with E-state index in [1.54, 1.807) is 43.5 Å². The summed E-state index contributed by atoms with van der Waals surface area (Å²) in [5, 5.41) is 6.65. The molecule has 1 aromatic heterocycles. The summed E-state index contributed by atoms with van der Waals surface area (Å²) in [7, 11) is 1.56. The first kappa shape index (κ1) is 20.7. The quantitative estimate of drug-likeness (QED) is 0.330. The molecule has 0 radical (unpaired) electrons. The minimum atomic E-state index is -0.399. The first-order valence-corrected chi connectivity index (χ1v) is 10.3. The van der Waals surface area contributed by atoms with Gasteiger partial charge in [0.15, 0.2) is 5.78 Å². The van der Waals surface area contributed by atoms with Crippen LogP contribution in [0.25, 0.3) is 11.0 Å². The number of furan rings is 1. The van der Waals surface area contributed by atoms with Crippen molar-refractivity contribution in [1.29, 1.82) is 0 Å². The fraction of sp³-hybridized carbons (Fsp3) is 0.0833. The van der Waals surface area contributed by atoms with Gasteiger partial charge >= 0.3 is 0 Å². The maximum Gasteiger partial charge on any atom is 0.293 e. The molecule has 31 heavy (non-hydrogen) atoms. The standard InChI is InChI=1S/C24H19BrN2O4/c1-30-21-12-11-15(13-18(21)25)19(28)14-26-22-17-9-5-6-10-20(17)31-23(22)24(29)27-16-7-3-2-4-8-16/h2-13,26H,14H2,1H3,(H,27,29). The van der Waals surface area contributed by atoms with Crippen LogP contribution in [-0.4, -0.2) is 25.3 Å². The molecule has 0 aliphatic heterocycles. The predicted molar refractivity (Wildman–Crippen MR) is 124 cm³/mol. The fourth-order valence-electron chi connectivity index (χ4n) is 3.20. The van der Waals surface area contributed by atoms with E-state index in [1.807, 2.05) is 36.4 Å². The minimum absolute atomic E-state index is 0.00604. The van der Waals surface area contributed by atoms with Gasteiger partial charge in [0.1, 0.15) is 11.3 Å². The smallest absolute Gasteiger partial charge is 0.293 e. The van der Waals surface area contributed by atoms with Crippen molar-refractivity contribution in [1.82, 2.24) is 0 Å². The van der Waals surface area contributed by atoms with Gasteiger partial charge in [0.25, 0.3) is 5.91 Å². The summed E-state index contributed by atoms with van der Waals surface area (Å²) in [6, 6.07) is 21.5. The molecule has 0 saturated carbocycles. The summed E-state index contributed by atoms with van der Waals surface area (Å²) in [6.45, 7) is -0.00604. The average molecular weight is 479 g/mol. The molecule has 0 aliphatic carbocycles. The first-order chi connectivity index (χ1) is 15.1. The molecule has 0 unspecified atom stereocenters. The molecule has 2 N–H and O–H groups in total. The van der Waals surface area contributed by atoms with Gasteiger partial charge < -0.3 is 19.8 Å². The lowest BCUT2D eigenvalue weighted by Crippen LogP contribution is -2.17. The van der Waals surface area contributed by atoms with E-state index in [-0.39, 0.29) is 18.1 Å². The van der Waals surface area contributed by atoms with E-state index in [0.29, 0.717) is 32.7 Å². The zero-order valence-corrected chi connectivity index (χ0v) is 18.2. The molecular weight excluding hydrogens is 460 g/mol. The molecular formula is C24H19BrN2O4. The normalized spacial score (nSPS) is 10.6. The van der Waals surface area contributed by atoms with Crippen LogP contribution in [0.4, 0.5) is 11.4 Å². The highest BCUT2D eigenvalue weighted by Crippen LogP contribution is 2.32. The van der Waals surface area contributed by atoms with E-state index in [2.05, 4.69) is 26.6 Å². The SMILES string of the molecule is COc1ccc(C(=O)CNc2c(C(=O)Nc3ccccc3)oc3ccccc23)cc1Br. The van der Waals surface area contributed by atoms with Crippen LogP contribution < -0.4 is 15.4 Å². The molecule has 1 heterocycles. The van der Waals surface area contributed by atoms with Gasteiger partial charge in [-0.05, 0) is 58.4 Å². The van der Waals surface area contributed by atoms with Gasteiger partial charge in [-0.2, -0.15) is 0 Å². The molecule has 0 saturated heterocycles. The molecule has 4 aromatic rings. The summed E-state index contributed by atoms with van der Waals surface area (Å²) >= 11 is 3.39. The number of anilines is 2. The second-order valence-electron chi connectivity index (χ2n) is 6.75. The number of carbonyl (C=O) groups is 2. The van der Waals surface area contributed by atoms with Gasteiger partial charge in [-0.25, -0.2) is 0 Å². The number of amides is 1. The van der Waals surface area contributed by atoms with Crippen LogP contribution in [0.5, 0.6) is 5.75 Å². The third-order valence-electron chi connectivity index (χ3n) is 4.73. The highest BCUT2D eigenvalue weighted by molar-refractivity contribution is 9.10. The molecule has 1 amide bonds. The van der Waals surface area contributed by atoms with E-state index in [1.165, 1.54) is 0 Å². The highest BCUT2D eigenvalue weighted by Gasteiger charge is 2.21. The molecule has 0 aliphatic rings. The zero-order valence-electron chi connectivity index (χ0n) is 16.6. The van der Waals surface area contributed by atoms with E-state index >= 15 is 0 Å². The van der Waals surface area contributed by atoms with Crippen molar-refractivity contribution >= 4 is 50.0 Å². The number of fused-ring (bicyclic) bond motifs is 1. The Morgan fingerprint density at radius 1 is 1.00 bits per heavy atom. The number of methoxy groups -OCH3 is 1. The minimum Gasteiger partial charge on any atom is -0.496 e.